The summed E-state index contributed by atoms with van der Waals surface area (Å²) in [4.78, 5) is 26.4. The predicted molar refractivity (Wildman–Crippen MR) is 175 cm³/mol. The van der Waals surface area contributed by atoms with Gasteiger partial charge >= 0.3 is 6.09 Å². The zero-order valence-corrected chi connectivity index (χ0v) is 26.9. The standard InChI is InChI=1S/C35H40FN5O5/c1-23-8-6-9-24(2)33(23)46-35(42)41(21-26-18-28(43-4)12-14-30(26)44-5)32-15-16-37-34(39-32)38-27-11-13-31(29(36)19-27)45-22-25-10-7-17-40(3)20-25/h6,8-9,11-16,18-19,25H,7,10,17,20-22H2,1-5H3,(H,37,38,39). The molecular formula is C35H40FN5O5. The molecule has 0 radical (unpaired) electrons. The van der Waals surface area contributed by atoms with Crippen molar-refractivity contribution < 1.29 is 28.1 Å². The van der Waals surface area contributed by atoms with Crippen molar-refractivity contribution in [1.82, 2.24) is 14.9 Å². The van der Waals surface area contributed by atoms with E-state index in [1.165, 1.54) is 17.2 Å². The Kier molecular flexibility index (Phi) is 10.5. The van der Waals surface area contributed by atoms with Crippen LogP contribution in [0.5, 0.6) is 23.0 Å². The van der Waals surface area contributed by atoms with Crippen LogP contribution in [0, 0.1) is 25.6 Å². The van der Waals surface area contributed by atoms with Crippen LogP contribution < -0.4 is 29.2 Å². The molecule has 0 saturated carbocycles. The van der Waals surface area contributed by atoms with Crippen LogP contribution in [-0.2, 0) is 6.54 Å². The third-order valence-electron chi connectivity index (χ3n) is 7.94. The van der Waals surface area contributed by atoms with Crippen molar-refractivity contribution in [3.63, 3.8) is 0 Å². The van der Waals surface area contributed by atoms with Crippen LogP contribution in [0.3, 0.4) is 0 Å². The summed E-state index contributed by atoms with van der Waals surface area (Å²) in [5, 5.41) is 3.04. The zero-order valence-electron chi connectivity index (χ0n) is 26.9. The lowest BCUT2D eigenvalue weighted by molar-refractivity contribution is 0.147. The summed E-state index contributed by atoms with van der Waals surface area (Å²) in [7, 11) is 5.21. The van der Waals surface area contributed by atoms with Crippen LogP contribution >= 0.6 is 0 Å². The summed E-state index contributed by atoms with van der Waals surface area (Å²) in [5.74, 6) is 2.13. The average molecular weight is 630 g/mol. The molecule has 1 fully saturated rings. The highest BCUT2D eigenvalue weighted by Crippen LogP contribution is 2.30. The molecule has 2 heterocycles. The number of likely N-dealkylation sites (tertiary alicyclic amines) is 1. The quantitative estimate of drug-likeness (QED) is 0.190. The third kappa shape index (κ3) is 8.02. The number of methoxy groups -OCH3 is 2. The number of carbonyl (C=O) groups is 1. The monoisotopic (exact) mass is 629 g/mol. The molecule has 46 heavy (non-hydrogen) atoms. The van der Waals surface area contributed by atoms with E-state index in [0.717, 1.165) is 37.1 Å². The molecule has 10 nitrogen and oxygen atoms in total. The van der Waals surface area contributed by atoms with Crippen molar-refractivity contribution in [2.24, 2.45) is 5.92 Å². The molecule has 11 heteroatoms. The molecule has 1 aromatic heterocycles. The number of aromatic nitrogens is 2. The Labute approximate surface area is 269 Å². The van der Waals surface area contributed by atoms with Crippen molar-refractivity contribution in [3.05, 3.63) is 89.4 Å². The summed E-state index contributed by atoms with van der Waals surface area (Å²) in [6.07, 6.45) is 3.05. The number of hydrogen-bond donors (Lipinski definition) is 1. The maximum absolute atomic E-state index is 15.0. The average Bonchev–Trinajstić information content (AvgIpc) is 3.05. The minimum atomic E-state index is -0.649. The van der Waals surface area contributed by atoms with Gasteiger partial charge in [-0.05, 0) is 87.8 Å². The number of hydrogen-bond acceptors (Lipinski definition) is 9. The fourth-order valence-electron chi connectivity index (χ4n) is 5.52. The Morgan fingerprint density at radius 2 is 1.83 bits per heavy atom. The molecule has 1 unspecified atom stereocenters. The second-order valence-corrected chi connectivity index (χ2v) is 11.4. The van der Waals surface area contributed by atoms with E-state index in [1.54, 1.807) is 50.6 Å². The second kappa shape index (κ2) is 14.9. The Balaban J connectivity index is 1.38. The van der Waals surface area contributed by atoms with Gasteiger partial charge in [-0.1, -0.05) is 18.2 Å². The van der Waals surface area contributed by atoms with E-state index in [0.29, 0.717) is 41.0 Å². The Bertz CT molecular complexity index is 1650. The molecule has 1 amide bonds. The minimum Gasteiger partial charge on any atom is -0.497 e. The van der Waals surface area contributed by atoms with Crippen molar-refractivity contribution in [1.29, 1.82) is 0 Å². The van der Waals surface area contributed by atoms with E-state index in [2.05, 4.69) is 27.2 Å². The number of piperidine rings is 1. The smallest absolute Gasteiger partial charge is 0.421 e. The van der Waals surface area contributed by atoms with E-state index in [-0.39, 0.29) is 24.1 Å². The van der Waals surface area contributed by atoms with Gasteiger partial charge in [-0.25, -0.2) is 14.2 Å². The first kappa shape index (κ1) is 32.5. The molecule has 0 bridgehead atoms. The Morgan fingerprint density at radius 1 is 1.04 bits per heavy atom. The lowest BCUT2D eigenvalue weighted by Crippen LogP contribution is -2.34. The van der Waals surface area contributed by atoms with Crippen LogP contribution in [0.2, 0.25) is 0 Å². The van der Waals surface area contributed by atoms with Crippen molar-refractivity contribution in [2.45, 2.75) is 33.2 Å². The first-order valence-electron chi connectivity index (χ1n) is 15.2. The van der Waals surface area contributed by atoms with Crippen LogP contribution in [-0.4, -0.2) is 61.9 Å². The number of nitrogens with one attached hydrogen (secondary N) is 1. The van der Waals surface area contributed by atoms with Gasteiger partial charge in [0.05, 0.1) is 27.4 Å². The van der Waals surface area contributed by atoms with Crippen LogP contribution in [0.4, 0.5) is 26.6 Å². The van der Waals surface area contributed by atoms with E-state index in [9.17, 15) is 4.79 Å². The number of anilines is 3. The molecule has 4 aromatic rings. The van der Waals surface area contributed by atoms with Gasteiger partial charge in [-0.2, -0.15) is 4.98 Å². The second-order valence-electron chi connectivity index (χ2n) is 11.4. The lowest BCUT2D eigenvalue weighted by atomic mass is 10.00. The summed E-state index contributed by atoms with van der Waals surface area (Å²) in [6, 6.07) is 17.2. The maximum atomic E-state index is 15.0. The molecule has 0 spiro atoms. The molecule has 1 N–H and O–H groups in total. The van der Waals surface area contributed by atoms with Gasteiger partial charge in [0, 0.05) is 36.0 Å². The summed E-state index contributed by atoms with van der Waals surface area (Å²) >= 11 is 0. The molecule has 1 aliphatic heterocycles. The lowest BCUT2D eigenvalue weighted by Gasteiger charge is -2.29. The fraction of sp³-hybridized carbons (Fsp3) is 0.343. The predicted octanol–water partition coefficient (Wildman–Crippen LogP) is 6.92. The number of para-hydroxylation sites is 1. The van der Waals surface area contributed by atoms with E-state index in [1.807, 2.05) is 32.0 Å². The van der Waals surface area contributed by atoms with Gasteiger partial charge in [0.2, 0.25) is 5.95 Å². The molecule has 1 aliphatic rings. The molecule has 1 atom stereocenters. The van der Waals surface area contributed by atoms with Gasteiger partial charge in [0.15, 0.2) is 11.6 Å². The molecule has 5 rings (SSSR count). The SMILES string of the molecule is COc1ccc(OC)c(CN(C(=O)Oc2c(C)cccc2C)c2ccnc(Nc3ccc(OCC4CCCN(C)C4)c(F)c3)n2)c1. The van der Waals surface area contributed by atoms with Gasteiger partial charge in [0.1, 0.15) is 23.1 Å². The van der Waals surface area contributed by atoms with E-state index in [4.69, 9.17) is 18.9 Å². The summed E-state index contributed by atoms with van der Waals surface area (Å²) in [6.45, 7) is 6.29. The van der Waals surface area contributed by atoms with Gasteiger partial charge < -0.3 is 29.2 Å². The number of rotatable bonds is 11. The first-order valence-corrected chi connectivity index (χ1v) is 15.2. The number of benzene rings is 3. The van der Waals surface area contributed by atoms with E-state index < -0.39 is 11.9 Å². The normalized spacial score (nSPS) is 14.8. The number of amides is 1. The fourth-order valence-corrected chi connectivity index (χ4v) is 5.52. The van der Waals surface area contributed by atoms with Gasteiger partial charge in [-0.15, -0.1) is 0 Å². The highest BCUT2D eigenvalue weighted by Gasteiger charge is 2.24. The topological polar surface area (TPSA) is 98.3 Å². The molecule has 1 saturated heterocycles. The van der Waals surface area contributed by atoms with E-state index >= 15 is 4.39 Å². The highest BCUT2D eigenvalue weighted by molar-refractivity contribution is 5.88. The Morgan fingerprint density at radius 3 is 2.54 bits per heavy atom. The number of nitrogens with zero attached hydrogens (tertiary/aromatic N) is 4. The molecular weight excluding hydrogens is 589 g/mol. The van der Waals surface area contributed by atoms with Crippen LogP contribution in [0.1, 0.15) is 29.5 Å². The first-order chi connectivity index (χ1) is 22.2. The number of carbonyl (C=O) groups excluding carboxylic acids is 1. The molecule has 3 aromatic carbocycles. The number of aryl methyl sites for hydroxylation is 2. The van der Waals surface area contributed by atoms with Crippen LogP contribution in [0.15, 0.2) is 66.9 Å². The van der Waals surface area contributed by atoms with Crippen molar-refractivity contribution in [2.75, 3.05) is 51.2 Å². The Hall–Kier alpha value is -4.90. The highest BCUT2D eigenvalue weighted by atomic mass is 19.1. The summed E-state index contributed by atoms with van der Waals surface area (Å²) < 4.78 is 37.8. The largest absolute Gasteiger partial charge is 0.497 e. The van der Waals surface area contributed by atoms with Gasteiger partial charge in [0.25, 0.3) is 0 Å². The number of ether oxygens (including phenoxy) is 4. The van der Waals surface area contributed by atoms with Gasteiger partial charge in [-0.3, -0.25) is 4.90 Å². The maximum Gasteiger partial charge on any atom is 0.421 e. The number of halogens is 1. The van der Waals surface area contributed by atoms with Crippen molar-refractivity contribution >= 4 is 23.5 Å². The zero-order chi connectivity index (χ0) is 32.6. The third-order valence-corrected chi connectivity index (χ3v) is 7.94. The summed E-state index contributed by atoms with van der Waals surface area (Å²) in [5.41, 5.74) is 2.74. The van der Waals surface area contributed by atoms with Crippen molar-refractivity contribution in [3.8, 4) is 23.0 Å². The molecule has 0 aliphatic carbocycles. The molecule has 242 valence electrons. The van der Waals surface area contributed by atoms with Crippen LogP contribution in [0.25, 0.3) is 0 Å². The minimum absolute atomic E-state index is 0.0536.